The predicted octanol–water partition coefficient (Wildman–Crippen LogP) is 3.85. The minimum absolute atomic E-state index is 0.118. The maximum absolute atomic E-state index is 13.3. The Bertz CT molecular complexity index is 922. The van der Waals surface area contributed by atoms with E-state index in [9.17, 15) is 9.18 Å². The summed E-state index contributed by atoms with van der Waals surface area (Å²) in [5, 5.41) is 0. The summed E-state index contributed by atoms with van der Waals surface area (Å²) >= 11 is 0. The molecule has 0 spiro atoms. The molecule has 1 heterocycles. The van der Waals surface area contributed by atoms with Crippen molar-refractivity contribution in [2.75, 3.05) is 14.2 Å². The summed E-state index contributed by atoms with van der Waals surface area (Å²) in [5.41, 5.74) is 1.42. The van der Waals surface area contributed by atoms with Gasteiger partial charge in [0.25, 0.3) is 0 Å². The molecule has 0 N–H and O–H groups in total. The Morgan fingerprint density at radius 3 is 2.73 bits per heavy atom. The zero-order valence-corrected chi connectivity index (χ0v) is 14.2. The van der Waals surface area contributed by atoms with E-state index in [-0.39, 0.29) is 12.4 Å². The number of nitrogens with zero attached hydrogens (tertiary/aromatic N) is 1. The van der Waals surface area contributed by atoms with Crippen LogP contribution in [0.3, 0.4) is 0 Å². The second-order valence-electron chi connectivity index (χ2n) is 5.30. The SMILES string of the molecule is COC(=O)c1ccc(OCc2coc(-c3cccc(F)c3)n2)c(OC)c1. The molecular formula is C19H16FNO5. The van der Waals surface area contributed by atoms with Gasteiger partial charge in [0, 0.05) is 5.56 Å². The molecule has 26 heavy (non-hydrogen) atoms. The van der Waals surface area contributed by atoms with Gasteiger partial charge in [0.1, 0.15) is 24.4 Å². The maximum Gasteiger partial charge on any atom is 0.337 e. The molecule has 3 aromatic rings. The van der Waals surface area contributed by atoms with Gasteiger partial charge in [-0.25, -0.2) is 14.2 Å². The first-order valence-corrected chi connectivity index (χ1v) is 7.70. The number of carbonyl (C=O) groups is 1. The molecule has 0 saturated heterocycles. The molecular weight excluding hydrogens is 341 g/mol. The smallest absolute Gasteiger partial charge is 0.337 e. The standard InChI is InChI=1S/C19H16FNO5/c1-23-17-9-13(19(22)24-2)6-7-16(17)25-10-15-11-26-18(21-15)12-4-3-5-14(20)8-12/h3-9,11H,10H2,1-2H3. The molecule has 0 aliphatic carbocycles. The van der Waals surface area contributed by atoms with E-state index < -0.39 is 5.97 Å². The van der Waals surface area contributed by atoms with Crippen LogP contribution in [0.5, 0.6) is 11.5 Å². The number of hydrogen-bond acceptors (Lipinski definition) is 6. The van der Waals surface area contributed by atoms with Crippen molar-refractivity contribution in [3.8, 4) is 23.0 Å². The summed E-state index contributed by atoms with van der Waals surface area (Å²) in [7, 11) is 2.78. The van der Waals surface area contributed by atoms with E-state index in [1.807, 2.05) is 0 Å². The summed E-state index contributed by atoms with van der Waals surface area (Å²) in [6.45, 7) is 0.118. The van der Waals surface area contributed by atoms with E-state index in [1.165, 1.54) is 38.7 Å². The average molecular weight is 357 g/mol. The predicted molar refractivity (Wildman–Crippen MR) is 90.6 cm³/mol. The number of benzene rings is 2. The minimum atomic E-state index is -0.467. The number of esters is 1. The van der Waals surface area contributed by atoms with Crippen LogP contribution >= 0.6 is 0 Å². The lowest BCUT2D eigenvalue weighted by molar-refractivity contribution is 0.0600. The highest BCUT2D eigenvalue weighted by Crippen LogP contribution is 2.29. The number of halogens is 1. The highest BCUT2D eigenvalue weighted by molar-refractivity contribution is 5.90. The minimum Gasteiger partial charge on any atom is -0.493 e. The van der Waals surface area contributed by atoms with Crippen LogP contribution in [0.15, 0.2) is 53.1 Å². The van der Waals surface area contributed by atoms with Gasteiger partial charge in [0.2, 0.25) is 5.89 Å². The van der Waals surface area contributed by atoms with Crippen molar-refractivity contribution < 1.29 is 27.8 Å². The van der Waals surface area contributed by atoms with Crippen molar-refractivity contribution in [3.05, 3.63) is 65.8 Å². The van der Waals surface area contributed by atoms with Crippen LogP contribution in [0.2, 0.25) is 0 Å². The van der Waals surface area contributed by atoms with Crippen molar-refractivity contribution in [2.45, 2.75) is 6.61 Å². The molecule has 0 atom stereocenters. The van der Waals surface area contributed by atoms with E-state index in [0.717, 1.165) is 0 Å². The monoisotopic (exact) mass is 357 g/mol. The van der Waals surface area contributed by atoms with Crippen LogP contribution in [0.1, 0.15) is 16.1 Å². The molecule has 0 bridgehead atoms. The Hall–Kier alpha value is -3.35. The van der Waals surface area contributed by atoms with Crippen LogP contribution in [-0.4, -0.2) is 25.2 Å². The number of hydrogen-bond donors (Lipinski definition) is 0. The lowest BCUT2D eigenvalue weighted by Crippen LogP contribution is -2.03. The van der Waals surface area contributed by atoms with Crippen LogP contribution in [0, 0.1) is 5.82 Å². The molecule has 0 saturated carbocycles. The topological polar surface area (TPSA) is 70.8 Å². The molecule has 0 fully saturated rings. The Morgan fingerprint density at radius 2 is 2.00 bits per heavy atom. The maximum atomic E-state index is 13.3. The summed E-state index contributed by atoms with van der Waals surface area (Å²) < 4.78 is 34.2. The number of ether oxygens (including phenoxy) is 3. The molecule has 0 unspecified atom stereocenters. The number of carbonyl (C=O) groups excluding carboxylic acids is 1. The first kappa shape index (κ1) is 17.5. The summed E-state index contributed by atoms with van der Waals surface area (Å²) in [4.78, 5) is 15.8. The van der Waals surface area contributed by atoms with Crippen molar-refractivity contribution in [3.63, 3.8) is 0 Å². The van der Waals surface area contributed by atoms with Gasteiger partial charge in [-0.2, -0.15) is 0 Å². The molecule has 7 heteroatoms. The molecule has 0 aliphatic heterocycles. The van der Waals surface area contributed by atoms with Gasteiger partial charge in [-0.15, -0.1) is 0 Å². The number of aromatic nitrogens is 1. The van der Waals surface area contributed by atoms with E-state index in [1.54, 1.807) is 24.3 Å². The highest BCUT2D eigenvalue weighted by atomic mass is 19.1. The fraction of sp³-hybridized carbons (Fsp3) is 0.158. The molecule has 134 valence electrons. The highest BCUT2D eigenvalue weighted by Gasteiger charge is 2.13. The van der Waals surface area contributed by atoms with Gasteiger partial charge in [0.15, 0.2) is 11.5 Å². The fourth-order valence-corrected chi connectivity index (χ4v) is 2.31. The average Bonchev–Trinajstić information content (AvgIpc) is 3.14. The normalized spacial score (nSPS) is 10.4. The van der Waals surface area contributed by atoms with Gasteiger partial charge in [0.05, 0.1) is 19.8 Å². The molecule has 0 radical (unpaired) electrons. The van der Waals surface area contributed by atoms with E-state index in [4.69, 9.17) is 13.9 Å². The van der Waals surface area contributed by atoms with Gasteiger partial charge >= 0.3 is 5.97 Å². The molecule has 0 amide bonds. The Balaban J connectivity index is 1.72. The van der Waals surface area contributed by atoms with Crippen molar-refractivity contribution in [1.82, 2.24) is 4.98 Å². The van der Waals surface area contributed by atoms with E-state index >= 15 is 0 Å². The van der Waals surface area contributed by atoms with Gasteiger partial charge < -0.3 is 18.6 Å². The summed E-state index contributed by atoms with van der Waals surface area (Å²) in [6.07, 6.45) is 1.44. The zero-order valence-electron chi connectivity index (χ0n) is 14.2. The molecule has 2 aromatic carbocycles. The Kier molecular flexibility index (Phi) is 5.17. The second kappa shape index (κ2) is 7.69. The van der Waals surface area contributed by atoms with Crippen molar-refractivity contribution in [1.29, 1.82) is 0 Å². The van der Waals surface area contributed by atoms with Crippen LogP contribution < -0.4 is 9.47 Å². The zero-order chi connectivity index (χ0) is 18.5. The van der Waals surface area contributed by atoms with E-state index in [0.29, 0.717) is 34.2 Å². The third-order valence-corrected chi connectivity index (χ3v) is 3.58. The van der Waals surface area contributed by atoms with Gasteiger partial charge in [-0.05, 0) is 36.4 Å². The van der Waals surface area contributed by atoms with Gasteiger partial charge in [-0.1, -0.05) is 6.07 Å². The van der Waals surface area contributed by atoms with Crippen molar-refractivity contribution in [2.24, 2.45) is 0 Å². The first-order chi connectivity index (χ1) is 12.6. The lowest BCUT2D eigenvalue weighted by atomic mass is 10.2. The van der Waals surface area contributed by atoms with Crippen LogP contribution in [-0.2, 0) is 11.3 Å². The first-order valence-electron chi connectivity index (χ1n) is 7.70. The number of rotatable bonds is 6. The van der Waals surface area contributed by atoms with E-state index in [2.05, 4.69) is 9.72 Å². The third kappa shape index (κ3) is 3.83. The van der Waals surface area contributed by atoms with Crippen LogP contribution in [0.4, 0.5) is 4.39 Å². The van der Waals surface area contributed by atoms with Gasteiger partial charge in [-0.3, -0.25) is 0 Å². The van der Waals surface area contributed by atoms with Crippen LogP contribution in [0.25, 0.3) is 11.5 Å². The Morgan fingerprint density at radius 1 is 1.15 bits per heavy atom. The molecule has 1 aromatic heterocycles. The second-order valence-corrected chi connectivity index (χ2v) is 5.30. The molecule has 0 aliphatic rings. The number of methoxy groups -OCH3 is 2. The fourth-order valence-electron chi connectivity index (χ4n) is 2.31. The summed E-state index contributed by atoms with van der Waals surface area (Å²) in [5.74, 6) is 0.299. The third-order valence-electron chi connectivity index (χ3n) is 3.58. The lowest BCUT2D eigenvalue weighted by Gasteiger charge is -2.10. The Labute approximate surface area is 149 Å². The molecule has 6 nitrogen and oxygen atoms in total. The largest absolute Gasteiger partial charge is 0.493 e. The number of oxazole rings is 1. The summed E-state index contributed by atoms with van der Waals surface area (Å²) in [6, 6.07) is 10.7. The quantitative estimate of drug-likeness (QED) is 0.624. The molecule has 3 rings (SSSR count). The van der Waals surface area contributed by atoms with Crippen molar-refractivity contribution >= 4 is 5.97 Å².